The summed E-state index contributed by atoms with van der Waals surface area (Å²) in [4.78, 5) is 19.5. The number of amides is 1. The summed E-state index contributed by atoms with van der Waals surface area (Å²) in [5, 5.41) is 5.77. The number of aryl methyl sites for hydroxylation is 1. The van der Waals surface area contributed by atoms with Crippen LogP contribution in [0.5, 0.6) is 0 Å². The van der Waals surface area contributed by atoms with E-state index in [1.807, 2.05) is 12.1 Å². The number of nitrogens with two attached hydrogens (primary N) is 1. The van der Waals surface area contributed by atoms with Crippen LogP contribution in [0.3, 0.4) is 0 Å². The Balaban J connectivity index is 2.21. The lowest BCUT2D eigenvalue weighted by molar-refractivity contribution is -0.111. The Labute approximate surface area is 116 Å². The first-order valence-corrected chi connectivity index (χ1v) is 5.98. The Morgan fingerprint density at radius 1 is 1.40 bits per heavy atom. The lowest BCUT2D eigenvalue weighted by Gasteiger charge is -2.10. The van der Waals surface area contributed by atoms with Crippen LogP contribution in [0, 0.1) is 6.92 Å². The Morgan fingerprint density at radius 2 is 2.15 bits per heavy atom. The Bertz CT molecular complexity index is 654. The first-order chi connectivity index (χ1) is 9.58. The van der Waals surface area contributed by atoms with Gasteiger partial charge in [-0.15, -0.1) is 0 Å². The molecule has 0 saturated heterocycles. The van der Waals surface area contributed by atoms with E-state index >= 15 is 0 Å². The standard InChI is InChI=1S/C14H15N5O/c1-3-13(20)18-10-5-4-6-11(7-10)19-14-12(15)8-16-9(2)17-14/h3-8H,1,15H2,2H3,(H,18,20)(H,16,17,19). The van der Waals surface area contributed by atoms with Crippen LogP contribution < -0.4 is 16.4 Å². The maximum absolute atomic E-state index is 11.3. The van der Waals surface area contributed by atoms with Crippen molar-refractivity contribution >= 4 is 28.8 Å². The number of aromatic nitrogens is 2. The molecule has 6 heteroatoms. The predicted octanol–water partition coefficient (Wildman–Crippen LogP) is 2.24. The maximum atomic E-state index is 11.3. The van der Waals surface area contributed by atoms with Crippen LogP contribution in [0.15, 0.2) is 43.1 Å². The highest BCUT2D eigenvalue weighted by Crippen LogP contribution is 2.22. The third-order valence-corrected chi connectivity index (χ3v) is 2.52. The van der Waals surface area contributed by atoms with Crippen molar-refractivity contribution in [1.29, 1.82) is 0 Å². The van der Waals surface area contributed by atoms with Gasteiger partial charge in [-0.1, -0.05) is 12.6 Å². The van der Waals surface area contributed by atoms with Crippen molar-refractivity contribution in [2.75, 3.05) is 16.4 Å². The number of hydrogen-bond donors (Lipinski definition) is 3. The van der Waals surface area contributed by atoms with Crippen molar-refractivity contribution < 1.29 is 4.79 Å². The molecule has 20 heavy (non-hydrogen) atoms. The molecule has 0 bridgehead atoms. The molecule has 0 spiro atoms. The van der Waals surface area contributed by atoms with Crippen LogP contribution in [-0.2, 0) is 4.79 Å². The number of carbonyl (C=O) groups excluding carboxylic acids is 1. The molecular formula is C14H15N5O. The van der Waals surface area contributed by atoms with E-state index < -0.39 is 0 Å². The van der Waals surface area contributed by atoms with E-state index in [-0.39, 0.29) is 5.91 Å². The minimum atomic E-state index is -0.264. The van der Waals surface area contributed by atoms with E-state index in [1.54, 1.807) is 25.3 Å². The molecule has 0 aliphatic rings. The highest BCUT2D eigenvalue weighted by molar-refractivity contribution is 5.99. The smallest absolute Gasteiger partial charge is 0.247 e. The van der Waals surface area contributed by atoms with Gasteiger partial charge < -0.3 is 16.4 Å². The summed E-state index contributed by atoms with van der Waals surface area (Å²) in [5.74, 6) is 0.891. The van der Waals surface area contributed by atoms with Gasteiger partial charge in [0.2, 0.25) is 5.91 Å². The summed E-state index contributed by atoms with van der Waals surface area (Å²) in [5.41, 5.74) is 7.68. The number of anilines is 4. The second-order valence-corrected chi connectivity index (χ2v) is 4.12. The lowest BCUT2D eigenvalue weighted by Crippen LogP contribution is -2.07. The van der Waals surface area contributed by atoms with Gasteiger partial charge in [-0.2, -0.15) is 0 Å². The molecule has 1 heterocycles. The molecule has 0 aliphatic heterocycles. The zero-order valence-electron chi connectivity index (χ0n) is 11.1. The second-order valence-electron chi connectivity index (χ2n) is 4.12. The van der Waals surface area contributed by atoms with E-state index in [9.17, 15) is 4.79 Å². The van der Waals surface area contributed by atoms with Gasteiger partial charge in [0.25, 0.3) is 0 Å². The van der Waals surface area contributed by atoms with Crippen molar-refractivity contribution in [1.82, 2.24) is 9.97 Å². The van der Waals surface area contributed by atoms with Gasteiger partial charge in [-0.05, 0) is 31.2 Å². The SMILES string of the molecule is C=CC(=O)Nc1cccc(Nc2nc(C)ncc2N)c1. The van der Waals surface area contributed by atoms with Crippen molar-refractivity contribution in [2.24, 2.45) is 0 Å². The van der Waals surface area contributed by atoms with Gasteiger partial charge in [0.05, 0.1) is 11.9 Å². The number of rotatable bonds is 4. The van der Waals surface area contributed by atoms with Gasteiger partial charge in [0.15, 0.2) is 5.82 Å². The summed E-state index contributed by atoms with van der Waals surface area (Å²) >= 11 is 0. The first kappa shape index (κ1) is 13.5. The molecule has 0 fully saturated rings. The van der Waals surface area contributed by atoms with Crippen LogP contribution in [-0.4, -0.2) is 15.9 Å². The van der Waals surface area contributed by atoms with Gasteiger partial charge in [0.1, 0.15) is 5.82 Å². The summed E-state index contributed by atoms with van der Waals surface area (Å²) in [6, 6.07) is 7.21. The van der Waals surface area contributed by atoms with Crippen molar-refractivity contribution in [3.63, 3.8) is 0 Å². The molecule has 0 radical (unpaired) electrons. The molecule has 0 atom stereocenters. The fourth-order valence-corrected chi connectivity index (χ4v) is 1.58. The molecule has 0 saturated carbocycles. The Hall–Kier alpha value is -2.89. The lowest BCUT2D eigenvalue weighted by atomic mass is 10.2. The number of carbonyl (C=O) groups is 1. The second kappa shape index (κ2) is 5.83. The number of nitrogens with zero attached hydrogens (tertiary/aromatic N) is 2. The minimum absolute atomic E-state index is 0.264. The van der Waals surface area contributed by atoms with Crippen LogP contribution in [0.1, 0.15) is 5.82 Å². The van der Waals surface area contributed by atoms with Crippen LogP contribution in [0.2, 0.25) is 0 Å². The largest absolute Gasteiger partial charge is 0.394 e. The predicted molar refractivity (Wildman–Crippen MR) is 79.7 cm³/mol. The molecule has 2 aromatic rings. The van der Waals surface area contributed by atoms with E-state index in [2.05, 4.69) is 27.2 Å². The topological polar surface area (TPSA) is 92.9 Å². The zero-order valence-corrected chi connectivity index (χ0v) is 11.1. The van der Waals surface area contributed by atoms with Crippen LogP contribution in [0.25, 0.3) is 0 Å². The van der Waals surface area contributed by atoms with Crippen LogP contribution in [0.4, 0.5) is 22.9 Å². The number of benzene rings is 1. The minimum Gasteiger partial charge on any atom is -0.394 e. The van der Waals surface area contributed by atoms with E-state index in [1.165, 1.54) is 6.08 Å². The fourth-order valence-electron chi connectivity index (χ4n) is 1.58. The summed E-state index contributed by atoms with van der Waals surface area (Å²) in [7, 11) is 0. The van der Waals surface area contributed by atoms with Crippen LogP contribution >= 0.6 is 0 Å². The van der Waals surface area contributed by atoms with Gasteiger partial charge in [-0.25, -0.2) is 9.97 Å². The molecule has 6 nitrogen and oxygen atoms in total. The van der Waals surface area contributed by atoms with Crippen molar-refractivity contribution in [3.8, 4) is 0 Å². The maximum Gasteiger partial charge on any atom is 0.247 e. The Kier molecular flexibility index (Phi) is 3.95. The number of nitrogen functional groups attached to an aromatic ring is 1. The summed E-state index contributed by atoms with van der Waals surface area (Å²) in [6.45, 7) is 5.19. The highest BCUT2D eigenvalue weighted by atomic mass is 16.1. The van der Waals surface area contributed by atoms with E-state index in [0.717, 1.165) is 5.69 Å². The highest BCUT2D eigenvalue weighted by Gasteiger charge is 2.04. The van der Waals surface area contributed by atoms with Crippen molar-refractivity contribution in [3.05, 3.63) is 48.9 Å². The average molecular weight is 269 g/mol. The van der Waals surface area contributed by atoms with E-state index in [4.69, 9.17) is 5.73 Å². The molecule has 102 valence electrons. The number of hydrogen-bond acceptors (Lipinski definition) is 5. The first-order valence-electron chi connectivity index (χ1n) is 5.98. The molecule has 4 N–H and O–H groups in total. The number of nitrogens with one attached hydrogen (secondary N) is 2. The average Bonchev–Trinajstić information content (AvgIpc) is 2.43. The molecule has 0 unspecified atom stereocenters. The molecule has 2 rings (SSSR count). The molecule has 1 aromatic heterocycles. The Morgan fingerprint density at radius 3 is 2.90 bits per heavy atom. The zero-order chi connectivity index (χ0) is 14.5. The van der Waals surface area contributed by atoms with E-state index in [0.29, 0.717) is 23.0 Å². The molecule has 1 amide bonds. The van der Waals surface area contributed by atoms with Gasteiger partial charge in [0, 0.05) is 11.4 Å². The third kappa shape index (κ3) is 3.32. The monoisotopic (exact) mass is 269 g/mol. The third-order valence-electron chi connectivity index (χ3n) is 2.52. The van der Waals surface area contributed by atoms with Gasteiger partial charge in [-0.3, -0.25) is 4.79 Å². The summed E-state index contributed by atoms with van der Waals surface area (Å²) in [6.07, 6.45) is 2.76. The normalized spacial score (nSPS) is 9.85. The molecule has 1 aromatic carbocycles. The summed E-state index contributed by atoms with van der Waals surface area (Å²) < 4.78 is 0. The fraction of sp³-hybridized carbons (Fsp3) is 0.0714. The quantitative estimate of drug-likeness (QED) is 0.740. The molecular weight excluding hydrogens is 254 g/mol. The molecule has 0 aliphatic carbocycles. The van der Waals surface area contributed by atoms with Crippen molar-refractivity contribution in [2.45, 2.75) is 6.92 Å². The van der Waals surface area contributed by atoms with Gasteiger partial charge >= 0.3 is 0 Å².